The number of imidazole rings is 1. The number of phenolic OH excluding ortho intramolecular Hbond substituents is 1. The fourth-order valence-electron chi connectivity index (χ4n) is 2.00. The second-order valence-electron chi connectivity index (χ2n) is 4.44. The lowest BCUT2D eigenvalue weighted by Crippen LogP contribution is -2.22. The minimum Gasteiger partial charge on any atom is -0.508 e. The molecule has 0 aliphatic rings. The Morgan fingerprint density at radius 3 is 2.83 bits per heavy atom. The van der Waals surface area contributed by atoms with E-state index in [4.69, 9.17) is 0 Å². The van der Waals surface area contributed by atoms with Crippen LogP contribution in [0.25, 0.3) is 0 Å². The summed E-state index contributed by atoms with van der Waals surface area (Å²) < 4.78 is 2.02. The van der Waals surface area contributed by atoms with Crippen molar-refractivity contribution in [3.63, 3.8) is 0 Å². The van der Waals surface area contributed by atoms with Crippen molar-refractivity contribution in [2.24, 2.45) is 7.05 Å². The van der Waals surface area contributed by atoms with E-state index in [1.807, 2.05) is 49.1 Å². The van der Waals surface area contributed by atoms with E-state index in [2.05, 4.69) is 10.3 Å². The van der Waals surface area contributed by atoms with Crippen molar-refractivity contribution in [2.75, 3.05) is 6.54 Å². The highest BCUT2D eigenvalue weighted by atomic mass is 16.3. The minimum absolute atomic E-state index is 0.131. The van der Waals surface area contributed by atoms with E-state index < -0.39 is 0 Å². The standard InChI is InChI=1S/C14H19N3O/c1-11(12-5-3-4-6-13(12)18)15-8-7-14-16-9-10-17(14)2/h3-6,9-11,15,18H,7-8H2,1-2H3. The van der Waals surface area contributed by atoms with Gasteiger partial charge in [0.05, 0.1) is 0 Å². The van der Waals surface area contributed by atoms with E-state index in [0.29, 0.717) is 5.75 Å². The third-order valence-electron chi connectivity index (χ3n) is 3.12. The number of aromatic hydroxyl groups is 1. The van der Waals surface area contributed by atoms with E-state index in [0.717, 1.165) is 24.4 Å². The molecule has 0 saturated carbocycles. The van der Waals surface area contributed by atoms with Crippen LogP contribution in [0, 0.1) is 0 Å². The Morgan fingerprint density at radius 1 is 1.39 bits per heavy atom. The van der Waals surface area contributed by atoms with Crippen molar-refractivity contribution in [3.05, 3.63) is 48.0 Å². The summed E-state index contributed by atoms with van der Waals surface area (Å²) in [5.41, 5.74) is 0.928. The lowest BCUT2D eigenvalue weighted by molar-refractivity contribution is 0.452. The van der Waals surface area contributed by atoms with E-state index >= 15 is 0 Å². The van der Waals surface area contributed by atoms with Crippen LogP contribution in [0.1, 0.15) is 24.4 Å². The molecule has 1 aromatic carbocycles. The highest BCUT2D eigenvalue weighted by Gasteiger charge is 2.09. The Morgan fingerprint density at radius 2 is 2.17 bits per heavy atom. The highest BCUT2D eigenvalue weighted by molar-refractivity contribution is 5.34. The smallest absolute Gasteiger partial charge is 0.120 e. The first-order valence-corrected chi connectivity index (χ1v) is 6.16. The number of hydrogen-bond donors (Lipinski definition) is 2. The van der Waals surface area contributed by atoms with Crippen LogP contribution < -0.4 is 5.32 Å². The second-order valence-corrected chi connectivity index (χ2v) is 4.44. The van der Waals surface area contributed by atoms with Crippen LogP contribution in [0.5, 0.6) is 5.75 Å². The third-order valence-corrected chi connectivity index (χ3v) is 3.12. The molecule has 1 unspecified atom stereocenters. The van der Waals surface area contributed by atoms with Crippen LogP contribution >= 0.6 is 0 Å². The van der Waals surface area contributed by atoms with Gasteiger partial charge >= 0.3 is 0 Å². The molecule has 0 saturated heterocycles. The molecule has 1 atom stereocenters. The van der Waals surface area contributed by atoms with E-state index in [1.165, 1.54) is 0 Å². The summed E-state index contributed by atoms with van der Waals surface area (Å²) in [5, 5.41) is 13.1. The van der Waals surface area contributed by atoms with Gasteiger partial charge in [0, 0.05) is 44.0 Å². The molecule has 2 rings (SSSR count). The molecule has 96 valence electrons. The van der Waals surface area contributed by atoms with Crippen LogP contribution in [0.4, 0.5) is 0 Å². The molecule has 0 radical (unpaired) electrons. The maximum Gasteiger partial charge on any atom is 0.120 e. The van der Waals surface area contributed by atoms with Crippen LogP contribution in [0.3, 0.4) is 0 Å². The van der Waals surface area contributed by atoms with Crippen molar-refractivity contribution in [1.82, 2.24) is 14.9 Å². The summed E-state index contributed by atoms with van der Waals surface area (Å²) in [6, 6.07) is 7.55. The van der Waals surface area contributed by atoms with E-state index in [-0.39, 0.29) is 6.04 Å². The Labute approximate surface area is 107 Å². The van der Waals surface area contributed by atoms with Crippen LogP contribution in [-0.4, -0.2) is 21.2 Å². The van der Waals surface area contributed by atoms with Gasteiger partial charge in [0.25, 0.3) is 0 Å². The van der Waals surface area contributed by atoms with Crippen LogP contribution in [0.2, 0.25) is 0 Å². The number of hydrogen-bond acceptors (Lipinski definition) is 3. The SMILES string of the molecule is CC(NCCc1nccn1C)c1ccccc1O. The summed E-state index contributed by atoms with van der Waals surface area (Å²) in [7, 11) is 1.99. The molecule has 4 heteroatoms. The van der Waals surface area contributed by atoms with Crippen molar-refractivity contribution >= 4 is 0 Å². The molecule has 0 bridgehead atoms. The Bertz CT molecular complexity index is 507. The fraction of sp³-hybridized carbons (Fsp3) is 0.357. The molecule has 18 heavy (non-hydrogen) atoms. The number of aromatic nitrogens is 2. The third kappa shape index (κ3) is 2.90. The number of nitrogens with one attached hydrogen (secondary N) is 1. The van der Waals surface area contributed by atoms with Gasteiger partial charge < -0.3 is 15.0 Å². The van der Waals surface area contributed by atoms with E-state index in [9.17, 15) is 5.11 Å². The van der Waals surface area contributed by atoms with Gasteiger partial charge in [-0.05, 0) is 13.0 Å². The summed E-state index contributed by atoms with van der Waals surface area (Å²) >= 11 is 0. The molecule has 1 aromatic heterocycles. The van der Waals surface area contributed by atoms with Crippen molar-refractivity contribution in [3.8, 4) is 5.75 Å². The van der Waals surface area contributed by atoms with Gasteiger partial charge in [-0.2, -0.15) is 0 Å². The predicted octanol–water partition coefficient (Wildman–Crippen LogP) is 2.02. The molecule has 4 nitrogen and oxygen atoms in total. The first-order chi connectivity index (χ1) is 8.68. The molecular formula is C14H19N3O. The summed E-state index contributed by atoms with van der Waals surface area (Å²) in [6.07, 6.45) is 4.63. The zero-order valence-electron chi connectivity index (χ0n) is 10.8. The van der Waals surface area contributed by atoms with Gasteiger partial charge in [-0.15, -0.1) is 0 Å². The maximum atomic E-state index is 9.75. The first-order valence-electron chi connectivity index (χ1n) is 6.16. The van der Waals surface area contributed by atoms with Crippen molar-refractivity contribution in [1.29, 1.82) is 0 Å². The monoisotopic (exact) mass is 245 g/mol. The molecule has 0 aliphatic carbocycles. The normalized spacial score (nSPS) is 12.6. The Hall–Kier alpha value is -1.81. The van der Waals surface area contributed by atoms with Gasteiger partial charge in [0.15, 0.2) is 0 Å². The van der Waals surface area contributed by atoms with Gasteiger partial charge in [0.1, 0.15) is 11.6 Å². The van der Waals surface area contributed by atoms with Gasteiger partial charge in [-0.3, -0.25) is 0 Å². The molecule has 0 amide bonds. The average molecular weight is 245 g/mol. The van der Waals surface area contributed by atoms with E-state index in [1.54, 1.807) is 6.07 Å². The molecule has 2 N–H and O–H groups in total. The molecule has 1 heterocycles. The zero-order chi connectivity index (χ0) is 13.0. The largest absolute Gasteiger partial charge is 0.508 e. The topological polar surface area (TPSA) is 50.1 Å². The van der Waals surface area contributed by atoms with Crippen LogP contribution in [0.15, 0.2) is 36.7 Å². The molecular weight excluding hydrogens is 226 g/mol. The molecule has 0 aliphatic heterocycles. The zero-order valence-corrected chi connectivity index (χ0v) is 10.8. The van der Waals surface area contributed by atoms with Crippen molar-refractivity contribution in [2.45, 2.75) is 19.4 Å². The van der Waals surface area contributed by atoms with Gasteiger partial charge in [-0.25, -0.2) is 4.98 Å². The minimum atomic E-state index is 0.131. The summed E-state index contributed by atoms with van der Waals surface area (Å²) in [4.78, 5) is 4.28. The number of nitrogens with zero attached hydrogens (tertiary/aromatic N) is 2. The lowest BCUT2D eigenvalue weighted by Gasteiger charge is -2.15. The number of rotatable bonds is 5. The summed E-state index contributed by atoms with van der Waals surface area (Å²) in [5.74, 6) is 1.40. The molecule has 0 spiro atoms. The molecule has 2 aromatic rings. The number of phenols is 1. The van der Waals surface area contributed by atoms with Crippen LogP contribution in [-0.2, 0) is 13.5 Å². The lowest BCUT2D eigenvalue weighted by atomic mass is 10.1. The molecule has 0 fully saturated rings. The average Bonchev–Trinajstić information content (AvgIpc) is 2.75. The number of para-hydroxylation sites is 1. The maximum absolute atomic E-state index is 9.75. The Kier molecular flexibility index (Phi) is 3.99. The second kappa shape index (κ2) is 5.69. The van der Waals surface area contributed by atoms with Gasteiger partial charge in [0.2, 0.25) is 0 Å². The quantitative estimate of drug-likeness (QED) is 0.847. The fourth-order valence-corrected chi connectivity index (χ4v) is 2.00. The predicted molar refractivity (Wildman–Crippen MR) is 71.4 cm³/mol. The summed E-state index contributed by atoms with van der Waals surface area (Å²) in [6.45, 7) is 2.88. The van der Waals surface area contributed by atoms with Crippen molar-refractivity contribution < 1.29 is 5.11 Å². The number of benzene rings is 1. The first kappa shape index (κ1) is 12.6. The highest BCUT2D eigenvalue weighted by Crippen LogP contribution is 2.22. The van der Waals surface area contributed by atoms with Gasteiger partial charge in [-0.1, -0.05) is 18.2 Å². The number of aryl methyl sites for hydroxylation is 1. The Balaban J connectivity index is 1.87.